The van der Waals surface area contributed by atoms with Gasteiger partial charge in [-0.05, 0) is 48.6 Å². The fraction of sp³-hybridized carbons (Fsp3) is 0.269. The van der Waals surface area contributed by atoms with E-state index in [1.165, 1.54) is 23.8 Å². The summed E-state index contributed by atoms with van der Waals surface area (Å²) in [6, 6.07) is 20.1. The summed E-state index contributed by atoms with van der Waals surface area (Å²) < 4.78 is 45.9. The highest BCUT2D eigenvalue weighted by Gasteiger charge is 2.33. The van der Waals surface area contributed by atoms with E-state index in [1.807, 2.05) is 32.0 Å². The molecule has 0 atom stereocenters. The van der Waals surface area contributed by atoms with E-state index in [0.717, 1.165) is 18.9 Å². The number of aryl methyl sites for hydroxylation is 1. The highest BCUT2D eigenvalue weighted by atomic mass is 19.4. The normalized spacial score (nSPS) is 11.4. The van der Waals surface area contributed by atoms with Crippen LogP contribution in [-0.2, 0) is 12.6 Å². The Hall–Kier alpha value is -3.28. The average molecular weight is 441 g/mol. The third-order valence-electron chi connectivity index (χ3n) is 5.08. The zero-order valence-electron chi connectivity index (χ0n) is 18.1. The van der Waals surface area contributed by atoms with Gasteiger partial charge in [-0.2, -0.15) is 13.2 Å². The minimum atomic E-state index is -4.56. The number of rotatable bonds is 8. The second-order valence-corrected chi connectivity index (χ2v) is 7.81. The zero-order chi connectivity index (χ0) is 23.1. The maximum Gasteiger partial charge on any atom is 0.418 e. The molecular formula is C26H26F3NO2. The predicted molar refractivity (Wildman–Crippen MR) is 120 cm³/mol. The molecule has 0 saturated heterocycles. The fourth-order valence-corrected chi connectivity index (χ4v) is 3.60. The van der Waals surface area contributed by atoms with Crippen molar-refractivity contribution in [3.8, 4) is 5.75 Å². The molecule has 0 aromatic heterocycles. The average Bonchev–Trinajstić information content (AvgIpc) is 2.76. The Labute approximate surface area is 186 Å². The number of hydrogen-bond donors (Lipinski definition) is 1. The van der Waals surface area contributed by atoms with Gasteiger partial charge in [0.1, 0.15) is 5.75 Å². The number of ether oxygens (including phenoxy) is 1. The van der Waals surface area contributed by atoms with Crippen molar-refractivity contribution in [1.82, 2.24) is 0 Å². The molecule has 1 N–H and O–H groups in total. The van der Waals surface area contributed by atoms with Crippen LogP contribution in [0, 0.1) is 0 Å². The number of alkyl halides is 3. The summed E-state index contributed by atoms with van der Waals surface area (Å²) in [5.74, 6) is -0.0797. The third kappa shape index (κ3) is 5.90. The first-order valence-corrected chi connectivity index (χ1v) is 10.5. The van der Waals surface area contributed by atoms with Crippen LogP contribution in [0.25, 0.3) is 0 Å². The molecule has 0 aliphatic rings. The SMILES string of the molecule is CC(C)c1c(OCCCc2ccccc2)cccc1C(=O)Nc1ccccc1C(F)(F)F. The molecule has 0 radical (unpaired) electrons. The molecule has 0 aliphatic carbocycles. The van der Waals surface area contributed by atoms with Gasteiger partial charge >= 0.3 is 6.18 Å². The lowest BCUT2D eigenvalue weighted by Crippen LogP contribution is -2.19. The van der Waals surface area contributed by atoms with Gasteiger partial charge in [0.05, 0.1) is 17.9 Å². The lowest BCUT2D eigenvalue weighted by Gasteiger charge is -2.19. The van der Waals surface area contributed by atoms with Crippen LogP contribution in [-0.4, -0.2) is 12.5 Å². The molecule has 3 aromatic rings. The molecular weight excluding hydrogens is 415 g/mol. The molecule has 3 aromatic carbocycles. The molecule has 0 fully saturated rings. The maximum absolute atomic E-state index is 13.3. The quantitative estimate of drug-likeness (QED) is 0.379. The van der Waals surface area contributed by atoms with Gasteiger partial charge in [0.15, 0.2) is 0 Å². The molecule has 6 heteroatoms. The lowest BCUT2D eigenvalue weighted by atomic mass is 9.95. The van der Waals surface area contributed by atoms with Crippen molar-refractivity contribution in [2.45, 2.75) is 38.8 Å². The van der Waals surface area contributed by atoms with Gasteiger partial charge in [0, 0.05) is 11.1 Å². The predicted octanol–water partition coefficient (Wildman–Crippen LogP) is 7.09. The van der Waals surface area contributed by atoms with Crippen LogP contribution < -0.4 is 10.1 Å². The van der Waals surface area contributed by atoms with E-state index in [4.69, 9.17) is 4.74 Å². The Balaban J connectivity index is 1.76. The first-order valence-electron chi connectivity index (χ1n) is 10.5. The van der Waals surface area contributed by atoms with Crippen molar-refractivity contribution >= 4 is 11.6 Å². The smallest absolute Gasteiger partial charge is 0.418 e. The summed E-state index contributed by atoms with van der Waals surface area (Å²) in [6.07, 6.45) is -2.89. The van der Waals surface area contributed by atoms with E-state index in [1.54, 1.807) is 18.2 Å². The second kappa shape index (κ2) is 10.4. The highest BCUT2D eigenvalue weighted by Crippen LogP contribution is 2.36. The van der Waals surface area contributed by atoms with E-state index in [-0.39, 0.29) is 11.6 Å². The molecule has 3 rings (SSSR count). The Morgan fingerprint density at radius 3 is 2.31 bits per heavy atom. The van der Waals surface area contributed by atoms with Crippen molar-refractivity contribution in [3.63, 3.8) is 0 Å². The number of hydrogen-bond acceptors (Lipinski definition) is 2. The summed E-state index contributed by atoms with van der Waals surface area (Å²) >= 11 is 0. The van der Waals surface area contributed by atoms with Crippen molar-refractivity contribution in [1.29, 1.82) is 0 Å². The summed E-state index contributed by atoms with van der Waals surface area (Å²) in [4.78, 5) is 13.0. The van der Waals surface area contributed by atoms with E-state index in [2.05, 4.69) is 17.4 Å². The number of anilines is 1. The first-order chi connectivity index (χ1) is 15.3. The largest absolute Gasteiger partial charge is 0.493 e. The zero-order valence-corrected chi connectivity index (χ0v) is 18.1. The van der Waals surface area contributed by atoms with E-state index >= 15 is 0 Å². The van der Waals surface area contributed by atoms with Crippen molar-refractivity contribution in [2.24, 2.45) is 0 Å². The molecule has 0 heterocycles. The van der Waals surface area contributed by atoms with E-state index in [9.17, 15) is 18.0 Å². The first kappa shape index (κ1) is 23.4. The van der Waals surface area contributed by atoms with Gasteiger partial charge in [-0.3, -0.25) is 4.79 Å². The molecule has 0 spiro atoms. The molecule has 3 nitrogen and oxygen atoms in total. The third-order valence-corrected chi connectivity index (χ3v) is 5.08. The minimum absolute atomic E-state index is 0.0565. The van der Waals surface area contributed by atoms with Crippen molar-refractivity contribution < 1.29 is 22.7 Å². The Morgan fingerprint density at radius 1 is 0.938 bits per heavy atom. The number of nitrogens with one attached hydrogen (secondary N) is 1. The molecule has 168 valence electrons. The monoisotopic (exact) mass is 441 g/mol. The van der Waals surface area contributed by atoms with E-state index < -0.39 is 17.6 Å². The number of carbonyl (C=O) groups excluding carboxylic acids is 1. The number of amides is 1. The van der Waals surface area contributed by atoms with Gasteiger partial charge in [0.2, 0.25) is 0 Å². The van der Waals surface area contributed by atoms with Gasteiger partial charge in [0.25, 0.3) is 5.91 Å². The van der Waals surface area contributed by atoms with Gasteiger partial charge < -0.3 is 10.1 Å². The summed E-state index contributed by atoms with van der Waals surface area (Å²) in [6.45, 7) is 4.32. The topological polar surface area (TPSA) is 38.3 Å². The number of benzene rings is 3. The van der Waals surface area contributed by atoms with Crippen LogP contribution in [0.5, 0.6) is 5.75 Å². The van der Waals surface area contributed by atoms with E-state index in [0.29, 0.717) is 23.5 Å². The molecule has 1 amide bonds. The van der Waals surface area contributed by atoms with Crippen molar-refractivity contribution in [3.05, 3.63) is 95.1 Å². The minimum Gasteiger partial charge on any atom is -0.493 e. The van der Waals surface area contributed by atoms with Gasteiger partial charge in [-0.25, -0.2) is 0 Å². The fourth-order valence-electron chi connectivity index (χ4n) is 3.60. The summed E-state index contributed by atoms with van der Waals surface area (Å²) in [5, 5.41) is 2.43. The van der Waals surface area contributed by atoms with Crippen LogP contribution in [0.15, 0.2) is 72.8 Å². The Kier molecular flexibility index (Phi) is 7.57. The number of carbonyl (C=O) groups is 1. The van der Waals surface area contributed by atoms with Crippen LogP contribution in [0.4, 0.5) is 18.9 Å². The van der Waals surface area contributed by atoms with Crippen LogP contribution >= 0.6 is 0 Å². The second-order valence-electron chi connectivity index (χ2n) is 7.81. The Morgan fingerprint density at radius 2 is 1.62 bits per heavy atom. The molecule has 32 heavy (non-hydrogen) atoms. The summed E-state index contributed by atoms with van der Waals surface area (Å²) in [5.41, 5.74) is 1.05. The maximum atomic E-state index is 13.3. The Bertz CT molecular complexity index is 1050. The standard InChI is InChI=1S/C26H26F3NO2/c1-18(2)24-20(25(31)30-22-15-7-6-14-21(22)26(27,28)29)13-8-16-23(24)32-17-9-12-19-10-4-3-5-11-19/h3-8,10-11,13-16,18H,9,12,17H2,1-2H3,(H,30,31). The number of halogens is 3. The van der Waals surface area contributed by atoms with Gasteiger partial charge in [-0.15, -0.1) is 0 Å². The van der Waals surface area contributed by atoms with Gasteiger partial charge in [-0.1, -0.05) is 62.4 Å². The molecule has 0 unspecified atom stereocenters. The number of para-hydroxylation sites is 1. The molecule has 0 aliphatic heterocycles. The molecule has 0 bridgehead atoms. The lowest BCUT2D eigenvalue weighted by molar-refractivity contribution is -0.136. The highest BCUT2D eigenvalue weighted by molar-refractivity contribution is 6.06. The van der Waals surface area contributed by atoms with Crippen LogP contribution in [0.2, 0.25) is 0 Å². The molecule has 0 saturated carbocycles. The van der Waals surface area contributed by atoms with Crippen LogP contribution in [0.3, 0.4) is 0 Å². The summed E-state index contributed by atoms with van der Waals surface area (Å²) in [7, 11) is 0. The van der Waals surface area contributed by atoms with Crippen molar-refractivity contribution in [2.75, 3.05) is 11.9 Å². The van der Waals surface area contributed by atoms with Crippen LogP contribution in [0.1, 0.15) is 53.2 Å².